The maximum Gasteiger partial charge on any atom is 0.129 e. The van der Waals surface area contributed by atoms with E-state index >= 15 is 0 Å². The monoisotopic (exact) mass is 285 g/mol. The van der Waals surface area contributed by atoms with Crippen LogP contribution in [0.15, 0.2) is 24.3 Å². The second-order valence-corrected chi connectivity index (χ2v) is 6.23. The van der Waals surface area contributed by atoms with Crippen LogP contribution in [0.3, 0.4) is 0 Å². The van der Waals surface area contributed by atoms with Crippen molar-refractivity contribution in [1.29, 1.82) is 0 Å². The van der Waals surface area contributed by atoms with Crippen molar-refractivity contribution in [2.45, 2.75) is 38.0 Å². The van der Waals surface area contributed by atoms with Crippen LogP contribution in [0.2, 0.25) is 0 Å². The summed E-state index contributed by atoms with van der Waals surface area (Å²) in [4.78, 5) is 0. The number of anilines is 1. The Kier molecular flexibility index (Phi) is 3.40. The van der Waals surface area contributed by atoms with Crippen molar-refractivity contribution in [2.24, 2.45) is 7.05 Å². The van der Waals surface area contributed by atoms with Gasteiger partial charge in [-0.2, -0.15) is 5.10 Å². The van der Waals surface area contributed by atoms with Gasteiger partial charge in [0.25, 0.3) is 0 Å². The molecule has 0 spiro atoms. The molecule has 0 aliphatic heterocycles. The fraction of sp³-hybridized carbons (Fsp3) is 0.471. The van der Waals surface area contributed by atoms with Crippen LogP contribution in [-0.2, 0) is 12.5 Å². The van der Waals surface area contributed by atoms with E-state index in [9.17, 15) is 0 Å². The molecule has 1 aliphatic rings. The van der Waals surface area contributed by atoms with Crippen LogP contribution in [0, 0.1) is 0 Å². The van der Waals surface area contributed by atoms with Crippen molar-refractivity contribution in [3.05, 3.63) is 30.0 Å². The number of benzene rings is 1. The first kappa shape index (κ1) is 14.0. The van der Waals surface area contributed by atoms with E-state index in [-0.39, 0.29) is 5.41 Å². The van der Waals surface area contributed by atoms with E-state index in [2.05, 4.69) is 13.0 Å². The fourth-order valence-electron chi connectivity index (χ4n) is 3.41. The summed E-state index contributed by atoms with van der Waals surface area (Å²) in [7, 11) is 3.60. The number of hydrogen-bond donors (Lipinski definition) is 1. The number of aromatic nitrogens is 2. The lowest BCUT2D eigenvalue weighted by molar-refractivity contribution is 0.415. The standard InChI is InChI=1S/C17H23N3O/c1-17(9-4-5-10-17)15-14(16(18)20(2)19-15)12-7-6-8-13(11-12)21-3/h6-8,11H,4-5,9-10,18H2,1-3H3. The Balaban J connectivity index is 2.17. The van der Waals surface area contributed by atoms with Crippen LogP contribution in [0.4, 0.5) is 5.82 Å². The lowest BCUT2D eigenvalue weighted by Gasteiger charge is -2.22. The molecule has 2 aromatic rings. The number of nitrogens with two attached hydrogens (primary N) is 1. The highest BCUT2D eigenvalue weighted by molar-refractivity contribution is 5.78. The van der Waals surface area contributed by atoms with E-state index in [1.807, 2.05) is 25.2 Å². The molecule has 21 heavy (non-hydrogen) atoms. The van der Waals surface area contributed by atoms with E-state index < -0.39 is 0 Å². The molecule has 112 valence electrons. The van der Waals surface area contributed by atoms with Gasteiger partial charge >= 0.3 is 0 Å². The first-order valence-electron chi connectivity index (χ1n) is 7.52. The van der Waals surface area contributed by atoms with E-state index in [1.165, 1.54) is 25.7 Å². The number of aryl methyl sites for hydroxylation is 1. The molecule has 1 aliphatic carbocycles. The summed E-state index contributed by atoms with van der Waals surface area (Å²) < 4.78 is 7.14. The molecule has 2 N–H and O–H groups in total. The van der Waals surface area contributed by atoms with Gasteiger partial charge in [0.05, 0.1) is 12.8 Å². The molecular weight excluding hydrogens is 262 g/mol. The molecule has 0 unspecified atom stereocenters. The first-order chi connectivity index (χ1) is 10.0. The Hall–Kier alpha value is -1.97. The number of ether oxygens (including phenoxy) is 1. The summed E-state index contributed by atoms with van der Waals surface area (Å²) in [5.74, 6) is 1.57. The van der Waals surface area contributed by atoms with E-state index in [0.717, 1.165) is 28.4 Å². The van der Waals surface area contributed by atoms with Gasteiger partial charge in [-0.05, 0) is 30.5 Å². The minimum atomic E-state index is 0.133. The van der Waals surface area contributed by atoms with E-state index in [1.54, 1.807) is 11.8 Å². The van der Waals surface area contributed by atoms with Gasteiger partial charge in [0, 0.05) is 18.0 Å². The molecular formula is C17H23N3O. The van der Waals surface area contributed by atoms with Gasteiger partial charge < -0.3 is 10.5 Å². The lowest BCUT2D eigenvalue weighted by Crippen LogP contribution is -2.19. The first-order valence-corrected chi connectivity index (χ1v) is 7.52. The molecule has 0 bridgehead atoms. The quantitative estimate of drug-likeness (QED) is 0.939. The Labute approximate surface area is 125 Å². The third-order valence-corrected chi connectivity index (χ3v) is 4.73. The van der Waals surface area contributed by atoms with E-state index in [4.69, 9.17) is 15.6 Å². The predicted molar refractivity (Wildman–Crippen MR) is 85.4 cm³/mol. The van der Waals surface area contributed by atoms with Crippen LogP contribution >= 0.6 is 0 Å². The van der Waals surface area contributed by atoms with Gasteiger partial charge in [0.2, 0.25) is 0 Å². The molecule has 1 saturated carbocycles. The minimum absolute atomic E-state index is 0.133. The Morgan fingerprint density at radius 3 is 2.67 bits per heavy atom. The third-order valence-electron chi connectivity index (χ3n) is 4.73. The summed E-state index contributed by atoms with van der Waals surface area (Å²) in [6.07, 6.45) is 4.90. The summed E-state index contributed by atoms with van der Waals surface area (Å²) in [5.41, 5.74) is 9.73. The van der Waals surface area contributed by atoms with Crippen LogP contribution in [0.5, 0.6) is 5.75 Å². The molecule has 0 radical (unpaired) electrons. The van der Waals surface area contributed by atoms with Gasteiger partial charge in [-0.25, -0.2) is 0 Å². The van der Waals surface area contributed by atoms with Crippen molar-refractivity contribution in [3.63, 3.8) is 0 Å². The number of methoxy groups -OCH3 is 1. The van der Waals surface area contributed by atoms with Gasteiger partial charge in [0.1, 0.15) is 11.6 Å². The number of nitrogen functional groups attached to an aromatic ring is 1. The second kappa shape index (κ2) is 5.10. The highest BCUT2D eigenvalue weighted by Gasteiger charge is 2.36. The van der Waals surface area contributed by atoms with Gasteiger partial charge in [-0.3, -0.25) is 4.68 Å². The highest BCUT2D eigenvalue weighted by atomic mass is 16.5. The van der Waals surface area contributed by atoms with Gasteiger partial charge in [-0.15, -0.1) is 0 Å². The van der Waals surface area contributed by atoms with Crippen molar-refractivity contribution in [3.8, 4) is 16.9 Å². The zero-order valence-corrected chi connectivity index (χ0v) is 13.0. The Bertz CT molecular complexity index is 654. The Morgan fingerprint density at radius 1 is 1.29 bits per heavy atom. The molecule has 1 aromatic carbocycles. The van der Waals surface area contributed by atoms with Crippen LogP contribution in [0.25, 0.3) is 11.1 Å². The number of nitrogens with zero attached hydrogens (tertiary/aromatic N) is 2. The molecule has 3 rings (SSSR count). The molecule has 0 amide bonds. The maximum absolute atomic E-state index is 6.31. The zero-order chi connectivity index (χ0) is 15.0. The molecule has 4 nitrogen and oxygen atoms in total. The summed E-state index contributed by atoms with van der Waals surface area (Å²) >= 11 is 0. The normalized spacial score (nSPS) is 17.1. The number of hydrogen-bond acceptors (Lipinski definition) is 3. The van der Waals surface area contributed by atoms with Crippen molar-refractivity contribution in [1.82, 2.24) is 9.78 Å². The highest BCUT2D eigenvalue weighted by Crippen LogP contribution is 2.45. The molecule has 4 heteroatoms. The molecule has 0 saturated heterocycles. The molecule has 1 aromatic heterocycles. The molecule has 1 heterocycles. The van der Waals surface area contributed by atoms with Crippen LogP contribution in [0.1, 0.15) is 38.3 Å². The van der Waals surface area contributed by atoms with Crippen LogP contribution in [-0.4, -0.2) is 16.9 Å². The SMILES string of the molecule is COc1cccc(-c2c(C3(C)CCCC3)nn(C)c2N)c1. The van der Waals surface area contributed by atoms with Crippen LogP contribution < -0.4 is 10.5 Å². The van der Waals surface area contributed by atoms with Gasteiger partial charge in [-0.1, -0.05) is 31.9 Å². The zero-order valence-electron chi connectivity index (χ0n) is 13.0. The average molecular weight is 285 g/mol. The minimum Gasteiger partial charge on any atom is -0.497 e. The smallest absolute Gasteiger partial charge is 0.129 e. The van der Waals surface area contributed by atoms with E-state index in [0.29, 0.717) is 0 Å². The summed E-state index contributed by atoms with van der Waals surface area (Å²) in [6.45, 7) is 2.31. The number of rotatable bonds is 3. The average Bonchev–Trinajstić information content (AvgIpc) is 3.05. The summed E-state index contributed by atoms with van der Waals surface area (Å²) in [5, 5.41) is 4.75. The summed E-state index contributed by atoms with van der Waals surface area (Å²) in [6, 6.07) is 8.07. The largest absolute Gasteiger partial charge is 0.497 e. The maximum atomic E-state index is 6.31. The van der Waals surface area contributed by atoms with Crippen molar-refractivity contribution >= 4 is 5.82 Å². The lowest BCUT2D eigenvalue weighted by atomic mass is 9.81. The molecule has 0 atom stereocenters. The molecule has 1 fully saturated rings. The second-order valence-electron chi connectivity index (χ2n) is 6.23. The van der Waals surface area contributed by atoms with Gasteiger partial charge in [0.15, 0.2) is 0 Å². The van der Waals surface area contributed by atoms with Crippen molar-refractivity contribution < 1.29 is 4.74 Å². The predicted octanol–water partition coefficient (Wildman–Crippen LogP) is 3.51. The Morgan fingerprint density at radius 2 is 2.00 bits per heavy atom. The fourth-order valence-corrected chi connectivity index (χ4v) is 3.41. The topological polar surface area (TPSA) is 53.1 Å². The third kappa shape index (κ3) is 2.28. The van der Waals surface area contributed by atoms with Crippen molar-refractivity contribution in [2.75, 3.05) is 12.8 Å².